The third kappa shape index (κ3) is 3.50. The molecule has 2 aromatic carbocycles. The number of hydrogen-bond donors (Lipinski definition) is 0. The van der Waals surface area contributed by atoms with Crippen molar-refractivity contribution < 1.29 is 9.53 Å². The zero-order chi connectivity index (χ0) is 19.7. The molecule has 0 spiro atoms. The molecule has 1 atom stereocenters. The molecule has 0 N–H and O–H groups in total. The minimum Gasteiger partial charge on any atom is -0.497 e. The van der Waals surface area contributed by atoms with Gasteiger partial charge in [0.25, 0.3) is 5.56 Å². The van der Waals surface area contributed by atoms with Crippen LogP contribution in [-0.4, -0.2) is 28.8 Å². The summed E-state index contributed by atoms with van der Waals surface area (Å²) in [5.74, 6) is 1.09. The number of ether oxygens (including phenoxy) is 1. The lowest BCUT2D eigenvalue weighted by Crippen LogP contribution is -2.43. The maximum absolute atomic E-state index is 13.2. The summed E-state index contributed by atoms with van der Waals surface area (Å²) in [5.41, 5.74) is 0.555. The summed E-state index contributed by atoms with van der Waals surface area (Å²) in [4.78, 5) is 27.8. The molecule has 3 aromatic rings. The minimum absolute atomic E-state index is 0.0667. The predicted molar refractivity (Wildman–Crippen MR) is 109 cm³/mol. The van der Waals surface area contributed by atoms with Crippen LogP contribution in [0.25, 0.3) is 10.8 Å². The highest BCUT2D eigenvalue weighted by molar-refractivity contribution is 5.94. The average Bonchev–Trinajstić information content (AvgIpc) is 3.56. The van der Waals surface area contributed by atoms with Crippen molar-refractivity contribution in [3.8, 4) is 5.75 Å². The third-order valence-corrected chi connectivity index (χ3v) is 5.38. The highest BCUT2D eigenvalue weighted by Gasteiger charge is 2.35. The normalized spacial score (nSPS) is 14.6. The van der Waals surface area contributed by atoms with Crippen LogP contribution in [0.5, 0.6) is 5.75 Å². The Morgan fingerprint density at radius 2 is 1.93 bits per heavy atom. The van der Waals surface area contributed by atoms with E-state index >= 15 is 0 Å². The minimum atomic E-state index is -0.250. The van der Waals surface area contributed by atoms with Crippen LogP contribution < -0.4 is 15.2 Å². The molecule has 6 nitrogen and oxygen atoms in total. The van der Waals surface area contributed by atoms with Crippen LogP contribution in [0.15, 0.2) is 59.5 Å². The van der Waals surface area contributed by atoms with E-state index < -0.39 is 0 Å². The van der Waals surface area contributed by atoms with E-state index in [0.29, 0.717) is 11.3 Å². The number of aromatic nitrogens is 2. The molecule has 1 unspecified atom stereocenters. The van der Waals surface area contributed by atoms with Crippen molar-refractivity contribution in [3.05, 3.63) is 65.1 Å². The van der Waals surface area contributed by atoms with Crippen LogP contribution in [0.4, 0.5) is 5.69 Å². The van der Waals surface area contributed by atoms with Crippen LogP contribution in [0.2, 0.25) is 0 Å². The maximum Gasteiger partial charge on any atom is 0.275 e. The molecule has 4 rings (SSSR count). The molecule has 1 aromatic heterocycles. The van der Waals surface area contributed by atoms with E-state index in [1.165, 1.54) is 4.68 Å². The number of nitrogens with zero attached hydrogens (tertiary/aromatic N) is 3. The van der Waals surface area contributed by atoms with Gasteiger partial charge < -0.3 is 9.64 Å². The van der Waals surface area contributed by atoms with Gasteiger partial charge in [0.1, 0.15) is 12.3 Å². The predicted octanol–water partition coefficient (Wildman–Crippen LogP) is 3.24. The average molecular weight is 377 g/mol. The molecule has 1 aliphatic carbocycles. The summed E-state index contributed by atoms with van der Waals surface area (Å²) >= 11 is 0. The SMILES string of the molecule is COc1ccc(N(C(=O)Cn2ncc3ccccc3c2=O)C(C)C2CC2)cc1. The number of fused-ring (bicyclic) bond motifs is 1. The van der Waals surface area contributed by atoms with Crippen molar-refractivity contribution in [3.63, 3.8) is 0 Å². The summed E-state index contributed by atoms with van der Waals surface area (Å²) in [7, 11) is 1.61. The monoisotopic (exact) mass is 377 g/mol. The largest absolute Gasteiger partial charge is 0.497 e. The zero-order valence-corrected chi connectivity index (χ0v) is 16.0. The Morgan fingerprint density at radius 3 is 2.61 bits per heavy atom. The molecule has 144 valence electrons. The summed E-state index contributed by atoms with van der Waals surface area (Å²) in [6.07, 6.45) is 3.87. The molecule has 1 saturated carbocycles. The first kappa shape index (κ1) is 18.2. The Hall–Kier alpha value is -3.15. The number of hydrogen-bond acceptors (Lipinski definition) is 4. The van der Waals surface area contributed by atoms with Crippen LogP contribution in [-0.2, 0) is 11.3 Å². The van der Waals surface area contributed by atoms with Gasteiger partial charge in [0.2, 0.25) is 5.91 Å². The number of carbonyl (C=O) groups excluding carboxylic acids is 1. The van der Waals surface area contributed by atoms with Gasteiger partial charge in [0.15, 0.2) is 0 Å². The number of carbonyl (C=O) groups is 1. The molecule has 6 heteroatoms. The zero-order valence-electron chi connectivity index (χ0n) is 16.0. The van der Waals surface area contributed by atoms with E-state index in [0.717, 1.165) is 29.7 Å². The second-order valence-electron chi connectivity index (χ2n) is 7.23. The molecule has 0 radical (unpaired) electrons. The van der Waals surface area contributed by atoms with Gasteiger partial charge in [-0.2, -0.15) is 5.10 Å². The number of rotatable bonds is 6. The van der Waals surface area contributed by atoms with Crippen molar-refractivity contribution in [2.45, 2.75) is 32.4 Å². The first-order chi connectivity index (χ1) is 13.6. The second-order valence-corrected chi connectivity index (χ2v) is 7.23. The Labute approximate surface area is 163 Å². The summed E-state index contributed by atoms with van der Waals surface area (Å²) in [6, 6.07) is 14.8. The summed E-state index contributed by atoms with van der Waals surface area (Å²) < 4.78 is 6.47. The van der Waals surface area contributed by atoms with Gasteiger partial charge >= 0.3 is 0 Å². The number of anilines is 1. The van der Waals surface area contributed by atoms with Crippen LogP contribution in [0.1, 0.15) is 19.8 Å². The second kappa shape index (κ2) is 7.46. The molecule has 1 aliphatic rings. The van der Waals surface area contributed by atoms with Crippen LogP contribution >= 0.6 is 0 Å². The Kier molecular flexibility index (Phi) is 4.86. The van der Waals surface area contributed by atoms with E-state index in [-0.39, 0.29) is 24.1 Å². The van der Waals surface area contributed by atoms with Gasteiger partial charge in [-0.05, 0) is 56.0 Å². The molecular weight excluding hydrogens is 354 g/mol. The van der Waals surface area contributed by atoms with Gasteiger partial charge in [-0.1, -0.05) is 18.2 Å². The lowest BCUT2D eigenvalue weighted by molar-refractivity contribution is -0.119. The van der Waals surface area contributed by atoms with Crippen molar-refractivity contribution in [2.24, 2.45) is 5.92 Å². The fraction of sp³-hybridized carbons (Fsp3) is 0.318. The van der Waals surface area contributed by atoms with Crippen molar-refractivity contribution in [2.75, 3.05) is 12.0 Å². The van der Waals surface area contributed by atoms with Gasteiger partial charge in [-0.25, -0.2) is 4.68 Å². The van der Waals surface area contributed by atoms with Gasteiger partial charge in [0, 0.05) is 17.1 Å². The smallest absolute Gasteiger partial charge is 0.275 e. The molecule has 1 amide bonds. The Balaban J connectivity index is 1.65. The lowest BCUT2D eigenvalue weighted by Gasteiger charge is -2.30. The number of benzene rings is 2. The highest BCUT2D eigenvalue weighted by atomic mass is 16.5. The van der Waals surface area contributed by atoms with E-state index in [1.54, 1.807) is 24.3 Å². The van der Waals surface area contributed by atoms with Crippen LogP contribution in [0.3, 0.4) is 0 Å². The van der Waals surface area contributed by atoms with Gasteiger partial charge in [-0.15, -0.1) is 0 Å². The van der Waals surface area contributed by atoms with Crippen molar-refractivity contribution in [1.82, 2.24) is 9.78 Å². The standard InChI is InChI=1S/C22H23N3O3/c1-15(16-7-8-16)25(18-9-11-19(28-2)12-10-18)21(26)14-24-22(27)20-6-4-3-5-17(20)13-23-24/h3-6,9-13,15-16H,7-8,14H2,1-2H3. The highest BCUT2D eigenvalue weighted by Crippen LogP contribution is 2.37. The summed E-state index contributed by atoms with van der Waals surface area (Å²) in [6.45, 7) is 1.98. The van der Waals surface area contributed by atoms with Crippen molar-refractivity contribution in [1.29, 1.82) is 0 Å². The summed E-state index contributed by atoms with van der Waals surface area (Å²) in [5, 5.41) is 5.55. The fourth-order valence-electron chi connectivity index (χ4n) is 3.58. The van der Waals surface area contributed by atoms with E-state index in [4.69, 9.17) is 4.74 Å². The maximum atomic E-state index is 13.2. The number of methoxy groups -OCH3 is 1. The molecule has 0 saturated heterocycles. The van der Waals surface area contributed by atoms with Gasteiger partial charge in [0.05, 0.1) is 18.7 Å². The Bertz CT molecular complexity index is 1050. The van der Waals surface area contributed by atoms with E-state index in [9.17, 15) is 9.59 Å². The number of amides is 1. The van der Waals surface area contributed by atoms with E-state index in [2.05, 4.69) is 12.0 Å². The molecular formula is C22H23N3O3. The Morgan fingerprint density at radius 1 is 1.21 bits per heavy atom. The first-order valence-electron chi connectivity index (χ1n) is 9.49. The molecule has 0 aliphatic heterocycles. The van der Waals surface area contributed by atoms with Crippen LogP contribution in [0, 0.1) is 5.92 Å². The fourth-order valence-corrected chi connectivity index (χ4v) is 3.58. The molecule has 1 heterocycles. The van der Waals surface area contributed by atoms with Gasteiger partial charge in [-0.3, -0.25) is 9.59 Å². The quantitative estimate of drug-likeness (QED) is 0.662. The lowest BCUT2D eigenvalue weighted by atomic mass is 10.1. The molecule has 1 fully saturated rings. The molecule has 0 bridgehead atoms. The van der Waals surface area contributed by atoms with Crippen molar-refractivity contribution >= 4 is 22.4 Å². The topological polar surface area (TPSA) is 64.4 Å². The third-order valence-electron chi connectivity index (χ3n) is 5.38. The van der Waals surface area contributed by atoms with E-state index in [1.807, 2.05) is 42.5 Å². The first-order valence-corrected chi connectivity index (χ1v) is 9.49. The molecule has 28 heavy (non-hydrogen) atoms.